The van der Waals surface area contributed by atoms with Crippen molar-refractivity contribution in [2.45, 2.75) is 19.8 Å². The third kappa shape index (κ3) is 1.39. The fraction of sp³-hybridized carbons (Fsp3) is 0.545. The molecule has 0 saturated carbocycles. The summed E-state index contributed by atoms with van der Waals surface area (Å²) >= 11 is 0. The molecule has 0 bridgehead atoms. The Balaban J connectivity index is 2.12. The standard InChI is InChI=1S/C11H15N5/c1-7-5-12-6-9(7)11-14-13-10-4-3-8(2)15-16(10)11/h3-4,7,9,12H,5-6H2,1-2H3. The summed E-state index contributed by atoms with van der Waals surface area (Å²) in [5.41, 5.74) is 1.83. The van der Waals surface area contributed by atoms with E-state index in [2.05, 4.69) is 27.5 Å². The molecule has 5 nitrogen and oxygen atoms in total. The third-order valence-corrected chi connectivity index (χ3v) is 3.27. The summed E-state index contributed by atoms with van der Waals surface area (Å²) in [5.74, 6) is 2.00. The van der Waals surface area contributed by atoms with Gasteiger partial charge in [-0.05, 0) is 31.5 Å². The molecular formula is C11H15N5. The van der Waals surface area contributed by atoms with Crippen LogP contribution in [0.1, 0.15) is 24.4 Å². The smallest absolute Gasteiger partial charge is 0.177 e. The summed E-state index contributed by atoms with van der Waals surface area (Å²) in [4.78, 5) is 0. The maximum absolute atomic E-state index is 4.48. The molecule has 2 aromatic heterocycles. The Morgan fingerprint density at radius 1 is 1.31 bits per heavy atom. The lowest BCUT2D eigenvalue weighted by molar-refractivity contribution is 0.532. The minimum absolute atomic E-state index is 0.421. The van der Waals surface area contributed by atoms with Crippen LogP contribution in [0.5, 0.6) is 0 Å². The topological polar surface area (TPSA) is 55.1 Å². The number of aromatic nitrogens is 4. The van der Waals surface area contributed by atoms with Gasteiger partial charge in [0.25, 0.3) is 0 Å². The van der Waals surface area contributed by atoms with Crippen molar-refractivity contribution >= 4 is 5.65 Å². The lowest BCUT2D eigenvalue weighted by atomic mass is 9.98. The average Bonchev–Trinajstić information content (AvgIpc) is 2.83. The Morgan fingerprint density at radius 2 is 2.19 bits per heavy atom. The highest BCUT2D eigenvalue weighted by atomic mass is 15.4. The number of rotatable bonds is 1. The second-order valence-electron chi connectivity index (χ2n) is 4.54. The van der Waals surface area contributed by atoms with Gasteiger partial charge < -0.3 is 5.32 Å². The van der Waals surface area contributed by atoms with Crippen molar-refractivity contribution in [2.24, 2.45) is 5.92 Å². The first-order valence-corrected chi connectivity index (χ1v) is 5.65. The summed E-state index contributed by atoms with van der Waals surface area (Å²) in [6, 6.07) is 3.93. The zero-order valence-electron chi connectivity index (χ0n) is 9.51. The van der Waals surface area contributed by atoms with Crippen LogP contribution in [-0.4, -0.2) is 32.9 Å². The molecular weight excluding hydrogens is 202 g/mol. The lowest BCUT2D eigenvalue weighted by Gasteiger charge is -2.11. The molecule has 1 aliphatic rings. The maximum Gasteiger partial charge on any atom is 0.177 e. The quantitative estimate of drug-likeness (QED) is 0.766. The van der Waals surface area contributed by atoms with Crippen molar-refractivity contribution in [3.05, 3.63) is 23.7 Å². The predicted molar refractivity (Wildman–Crippen MR) is 60.3 cm³/mol. The minimum atomic E-state index is 0.421. The Bertz CT molecular complexity index is 518. The molecule has 0 amide bonds. The van der Waals surface area contributed by atoms with Gasteiger partial charge in [-0.15, -0.1) is 10.2 Å². The van der Waals surface area contributed by atoms with Gasteiger partial charge in [-0.25, -0.2) is 0 Å². The molecule has 1 saturated heterocycles. The fourth-order valence-electron chi connectivity index (χ4n) is 2.28. The van der Waals surface area contributed by atoms with E-state index in [1.54, 1.807) is 0 Å². The van der Waals surface area contributed by atoms with E-state index in [-0.39, 0.29) is 0 Å². The van der Waals surface area contributed by atoms with Crippen LogP contribution in [0.15, 0.2) is 12.1 Å². The van der Waals surface area contributed by atoms with E-state index in [4.69, 9.17) is 0 Å². The number of aryl methyl sites for hydroxylation is 1. The van der Waals surface area contributed by atoms with Crippen LogP contribution < -0.4 is 5.32 Å². The van der Waals surface area contributed by atoms with Crippen molar-refractivity contribution in [1.29, 1.82) is 0 Å². The minimum Gasteiger partial charge on any atom is -0.316 e. The van der Waals surface area contributed by atoms with E-state index >= 15 is 0 Å². The maximum atomic E-state index is 4.48. The van der Waals surface area contributed by atoms with Crippen LogP contribution in [-0.2, 0) is 0 Å². The molecule has 3 rings (SSSR count). The summed E-state index contributed by atoms with van der Waals surface area (Å²) in [5, 5.41) is 16.3. The van der Waals surface area contributed by atoms with E-state index in [1.165, 1.54) is 0 Å². The molecule has 16 heavy (non-hydrogen) atoms. The van der Waals surface area contributed by atoms with Crippen LogP contribution in [0, 0.1) is 12.8 Å². The summed E-state index contributed by atoms with van der Waals surface area (Å²) in [7, 11) is 0. The fourth-order valence-corrected chi connectivity index (χ4v) is 2.28. The second-order valence-corrected chi connectivity index (χ2v) is 4.54. The van der Waals surface area contributed by atoms with Crippen LogP contribution in [0.25, 0.3) is 5.65 Å². The molecule has 0 aromatic carbocycles. The van der Waals surface area contributed by atoms with Gasteiger partial charge in [-0.1, -0.05) is 6.92 Å². The highest BCUT2D eigenvalue weighted by molar-refractivity contribution is 5.36. The predicted octanol–water partition coefficient (Wildman–Crippen LogP) is 0.756. The Hall–Kier alpha value is -1.49. The Morgan fingerprint density at radius 3 is 2.94 bits per heavy atom. The zero-order valence-corrected chi connectivity index (χ0v) is 9.51. The number of nitrogens with zero attached hydrogens (tertiary/aromatic N) is 4. The number of fused-ring (bicyclic) bond motifs is 1. The first-order valence-electron chi connectivity index (χ1n) is 5.65. The van der Waals surface area contributed by atoms with E-state index in [1.807, 2.05) is 23.6 Å². The second kappa shape index (κ2) is 3.52. The molecule has 0 aliphatic carbocycles. The summed E-state index contributed by atoms with van der Waals surface area (Å²) in [6.45, 7) is 6.24. The molecule has 5 heteroatoms. The van der Waals surface area contributed by atoms with Gasteiger partial charge in [-0.3, -0.25) is 0 Å². The monoisotopic (exact) mass is 217 g/mol. The highest BCUT2D eigenvalue weighted by Gasteiger charge is 2.29. The van der Waals surface area contributed by atoms with Gasteiger partial charge in [0.05, 0.1) is 5.69 Å². The van der Waals surface area contributed by atoms with Gasteiger partial charge in [0, 0.05) is 12.5 Å². The molecule has 2 unspecified atom stereocenters. The van der Waals surface area contributed by atoms with Gasteiger partial charge in [0.1, 0.15) is 0 Å². The molecule has 1 N–H and O–H groups in total. The van der Waals surface area contributed by atoms with Crippen molar-refractivity contribution in [1.82, 2.24) is 25.1 Å². The first-order chi connectivity index (χ1) is 7.75. The number of nitrogens with one attached hydrogen (secondary N) is 1. The van der Waals surface area contributed by atoms with Crippen molar-refractivity contribution in [2.75, 3.05) is 13.1 Å². The SMILES string of the molecule is Cc1ccc2nnc(C3CNCC3C)n2n1. The molecule has 3 heterocycles. The average molecular weight is 217 g/mol. The molecule has 0 spiro atoms. The van der Waals surface area contributed by atoms with Gasteiger partial charge in [-0.2, -0.15) is 9.61 Å². The normalized spacial score (nSPS) is 25.4. The summed E-state index contributed by atoms with van der Waals surface area (Å²) in [6.07, 6.45) is 0. The van der Waals surface area contributed by atoms with Gasteiger partial charge in [0.2, 0.25) is 0 Å². The van der Waals surface area contributed by atoms with Crippen molar-refractivity contribution in [3.8, 4) is 0 Å². The van der Waals surface area contributed by atoms with Crippen LogP contribution in [0.2, 0.25) is 0 Å². The van der Waals surface area contributed by atoms with E-state index in [9.17, 15) is 0 Å². The van der Waals surface area contributed by atoms with Crippen molar-refractivity contribution in [3.63, 3.8) is 0 Å². The van der Waals surface area contributed by atoms with E-state index < -0.39 is 0 Å². The largest absolute Gasteiger partial charge is 0.316 e. The number of hydrogen-bond donors (Lipinski definition) is 1. The van der Waals surface area contributed by atoms with Crippen LogP contribution in [0.3, 0.4) is 0 Å². The van der Waals surface area contributed by atoms with E-state index in [0.717, 1.165) is 30.3 Å². The molecule has 84 valence electrons. The molecule has 1 fully saturated rings. The Labute approximate surface area is 93.9 Å². The van der Waals surface area contributed by atoms with Gasteiger partial charge >= 0.3 is 0 Å². The molecule has 0 radical (unpaired) electrons. The van der Waals surface area contributed by atoms with Crippen molar-refractivity contribution < 1.29 is 0 Å². The van der Waals surface area contributed by atoms with Crippen LogP contribution in [0.4, 0.5) is 0 Å². The molecule has 1 aliphatic heterocycles. The summed E-state index contributed by atoms with van der Waals surface area (Å²) < 4.78 is 1.88. The lowest BCUT2D eigenvalue weighted by Crippen LogP contribution is -2.13. The molecule has 2 aromatic rings. The third-order valence-electron chi connectivity index (χ3n) is 3.27. The van der Waals surface area contributed by atoms with Gasteiger partial charge in [0.15, 0.2) is 11.5 Å². The zero-order chi connectivity index (χ0) is 11.1. The van der Waals surface area contributed by atoms with E-state index in [0.29, 0.717) is 11.8 Å². The number of hydrogen-bond acceptors (Lipinski definition) is 4. The van der Waals surface area contributed by atoms with Crippen LogP contribution >= 0.6 is 0 Å². The first kappa shape index (κ1) is 9.72. The Kier molecular flexibility index (Phi) is 2.14. The highest BCUT2D eigenvalue weighted by Crippen LogP contribution is 2.25. The molecule has 2 atom stereocenters.